The number of hydrogen-bond acceptors (Lipinski definition) is 2. The number of rotatable bonds is 5. The maximum Gasteiger partial charge on any atom is 0.227 e. The highest BCUT2D eigenvalue weighted by Crippen LogP contribution is 2.35. The van der Waals surface area contributed by atoms with E-state index in [0.29, 0.717) is 5.78 Å². The van der Waals surface area contributed by atoms with Crippen LogP contribution in [0.5, 0.6) is 0 Å². The topological polar surface area (TPSA) is 62.0 Å². The summed E-state index contributed by atoms with van der Waals surface area (Å²) in [6, 6.07) is 16.7. The van der Waals surface area contributed by atoms with Gasteiger partial charge < -0.3 is 10.3 Å². The molecule has 0 unspecified atom stereocenters. The van der Waals surface area contributed by atoms with Gasteiger partial charge in [0, 0.05) is 28.9 Å². The van der Waals surface area contributed by atoms with Crippen LogP contribution in [0.4, 0.5) is 0 Å². The molecule has 1 heterocycles. The van der Waals surface area contributed by atoms with E-state index in [9.17, 15) is 9.59 Å². The zero-order valence-electron chi connectivity index (χ0n) is 18.1. The molecule has 3 atom stereocenters. The van der Waals surface area contributed by atoms with Crippen molar-refractivity contribution in [1.82, 2.24) is 10.3 Å². The van der Waals surface area contributed by atoms with Gasteiger partial charge in [0.2, 0.25) is 5.91 Å². The number of ketones is 1. The van der Waals surface area contributed by atoms with Crippen molar-refractivity contribution in [3.63, 3.8) is 0 Å². The highest BCUT2D eigenvalue weighted by molar-refractivity contribution is 5.87. The van der Waals surface area contributed by atoms with Crippen molar-refractivity contribution in [2.24, 2.45) is 5.92 Å². The molecule has 1 fully saturated rings. The molecule has 0 saturated heterocycles. The molecule has 4 heteroatoms. The van der Waals surface area contributed by atoms with Gasteiger partial charge in [0.1, 0.15) is 5.78 Å². The number of amides is 1. The van der Waals surface area contributed by atoms with Crippen molar-refractivity contribution in [2.75, 3.05) is 0 Å². The van der Waals surface area contributed by atoms with Crippen molar-refractivity contribution in [3.8, 4) is 0 Å². The number of para-hydroxylation sites is 1. The van der Waals surface area contributed by atoms with Gasteiger partial charge in [-0.15, -0.1) is 0 Å². The molecule has 0 spiro atoms. The van der Waals surface area contributed by atoms with E-state index in [4.69, 9.17) is 0 Å². The lowest BCUT2D eigenvalue weighted by atomic mass is 9.90. The Morgan fingerprint density at radius 2 is 1.84 bits per heavy atom. The summed E-state index contributed by atoms with van der Waals surface area (Å²) in [5.74, 6) is 0.441. The molecule has 1 amide bonds. The van der Waals surface area contributed by atoms with E-state index in [1.807, 2.05) is 25.1 Å². The van der Waals surface area contributed by atoms with Crippen LogP contribution in [0.2, 0.25) is 0 Å². The predicted octanol–water partition coefficient (Wildman–Crippen LogP) is 5.38. The Kier molecular flexibility index (Phi) is 5.39. The molecule has 0 bridgehead atoms. The van der Waals surface area contributed by atoms with Crippen LogP contribution in [-0.4, -0.2) is 16.7 Å². The van der Waals surface area contributed by atoms with Crippen LogP contribution >= 0.6 is 0 Å². The third-order valence-electron chi connectivity index (χ3n) is 7.22. The van der Waals surface area contributed by atoms with Crippen molar-refractivity contribution in [1.29, 1.82) is 0 Å². The Morgan fingerprint density at radius 1 is 1.06 bits per heavy atom. The summed E-state index contributed by atoms with van der Waals surface area (Å²) >= 11 is 0. The smallest absolute Gasteiger partial charge is 0.227 e. The van der Waals surface area contributed by atoms with E-state index in [1.54, 1.807) is 0 Å². The minimum absolute atomic E-state index is 0.0405. The first-order valence-corrected chi connectivity index (χ1v) is 11.6. The number of aryl methyl sites for hydroxylation is 1. The van der Waals surface area contributed by atoms with Gasteiger partial charge in [-0.05, 0) is 68.2 Å². The van der Waals surface area contributed by atoms with E-state index in [-0.39, 0.29) is 23.8 Å². The minimum Gasteiger partial charge on any atom is -0.356 e. The molecule has 1 aromatic heterocycles. The van der Waals surface area contributed by atoms with E-state index in [0.717, 1.165) is 56.0 Å². The average molecular weight is 415 g/mol. The van der Waals surface area contributed by atoms with Crippen LogP contribution in [0.1, 0.15) is 73.4 Å². The molecule has 2 aliphatic carbocycles. The number of aromatic nitrogens is 1. The maximum atomic E-state index is 13.1. The van der Waals surface area contributed by atoms with Gasteiger partial charge in [0.25, 0.3) is 0 Å². The van der Waals surface area contributed by atoms with Crippen LogP contribution in [0.3, 0.4) is 0 Å². The monoisotopic (exact) mass is 414 g/mol. The predicted molar refractivity (Wildman–Crippen MR) is 123 cm³/mol. The molecule has 1 saturated carbocycles. The summed E-state index contributed by atoms with van der Waals surface area (Å²) in [4.78, 5) is 28.5. The molecule has 31 heavy (non-hydrogen) atoms. The zero-order valence-corrected chi connectivity index (χ0v) is 18.1. The fraction of sp³-hybridized carbons (Fsp3) is 0.407. The first kappa shape index (κ1) is 20.0. The molecular weight excluding hydrogens is 384 g/mol. The first-order valence-electron chi connectivity index (χ1n) is 11.6. The number of nitrogens with one attached hydrogen (secondary N) is 2. The lowest BCUT2D eigenvalue weighted by molar-refractivity contribution is -0.123. The standard InChI is InChI=1S/C27H30N2O2/c1-17(19-14-12-18(13-15-19)16-20-6-4-11-25(20)30)27(31)29-24-10-5-8-22-21-7-2-3-9-23(21)28-26(22)24/h2-3,7,9,12-15,17,20,24,28H,4-6,8,10-11,16H2,1H3,(H,29,31)/t17-,20+,24-/m0/s1. The van der Waals surface area contributed by atoms with Gasteiger partial charge in [-0.3, -0.25) is 9.59 Å². The van der Waals surface area contributed by atoms with E-state index in [1.165, 1.54) is 22.2 Å². The second-order valence-corrected chi connectivity index (χ2v) is 9.24. The Morgan fingerprint density at radius 3 is 2.61 bits per heavy atom. The third-order valence-corrected chi connectivity index (χ3v) is 7.22. The Hall–Kier alpha value is -2.88. The van der Waals surface area contributed by atoms with Crippen molar-refractivity contribution in [2.45, 2.75) is 63.8 Å². The second kappa shape index (κ2) is 8.33. The molecular formula is C27H30N2O2. The van der Waals surface area contributed by atoms with E-state index >= 15 is 0 Å². The summed E-state index contributed by atoms with van der Waals surface area (Å²) in [6.45, 7) is 1.97. The van der Waals surface area contributed by atoms with Crippen molar-refractivity contribution >= 4 is 22.6 Å². The quantitative estimate of drug-likeness (QED) is 0.589. The number of fused-ring (bicyclic) bond motifs is 3. The van der Waals surface area contributed by atoms with E-state index < -0.39 is 0 Å². The zero-order chi connectivity index (χ0) is 21.4. The van der Waals surface area contributed by atoms with Crippen LogP contribution in [0.15, 0.2) is 48.5 Å². The molecule has 3 aromatic rings. The Bertz CT molecular complexity index is 1110. The van der Waals surface area contributed by atoms with Gasteiger partial charge >= 0.3 is 0 Å². The number of carbonyl (C=O) groups is 2. The number of carbonyl (C=O) groups excluding carboxylic acids is 2. The number of benzene rings is 2. The summed E-state index contributed by atoms with van der Waals surface area (Å²) < 4.78 is 0. The van der Waals surface area contributed by atoms with Gasteiger partial charge in [0.05, 0.1) is 12.0 Å². The van der Waals surface area contributed by atoms with E-state index in [2.05, 4.69) is 40.6 Å². The van der Waals surface area contributed by atoms with Gasteiger partial charge in [0.15, 0.2) is 0 Å². The van der Waals surface area contributed by atoms with Gasteiger partial charge in [-0.25, -0.2) is 0 Å². The van der Waals surface area contributed by atoms with Crippen LogP contribution in [0.25, 0.3) is 10.9 Å². The number of Topliss-reactive ketones (excluding diaryl/α,β-unsaturated/α-hetero) is 1. The average Bonchev–Trinajstić information content (AvgIpc) is 3.37. The largest absolute Gasteiger partial charge is 0.356 e. The summed E-state index contributed by atoms with van der Waals surface area (Å²) in [5, 5.41) is 4.58. The highest BCUT2D eigenvalue weighted by atomic mass is 16.2. The van der Waals surface area contributed by atoms with Crippen LogP contribution in [-0.2, 0) is 22.4 Å². The molecule has 5 rings (SSSR count). The third kappa shape index (κ3) is 3.91. The Balaban J connectivity index is 1.27. The van der Waals surface area contributed by atoms with Crippen molar-refractivity contribution in [3.05, 3.63) is 70.9 Å². The molecule has 0 radical (unpaired) electrons. The van der Waals surface area contributed by atoms with Crippen LogP contribution in [0, 0.1) is 5.92 Å². The number of aromatic amines is 1. The number of H-pyrrole nitrogens is 1. The Labute approximate surface area is 183 Å². The van der Waals surface area contributed by atoms with Crippen molar-refractivity contribution < 1.29 is 9.59 Å². The minimum atomic E-state index is -0.211. The molecule has 2 aromatic carbocycles. The molecule has 2 aliphatic rings. The normalized spacial score (nSPS) is 21.8. The highest BCUT2D eigenvalue weighted by Gasteiger charge is 2.28. The second-order valence-electron chi connectivity index (χ2n) is 9.24. The maximum absolute atomic E-state index is 13.1. The summed E-state index contributed by atoms with van der Waals surface area (Å²) in [5.41, 5.74) is 5.88. The molecule has 0 aliphatic heterocycles. The first-order chi connectivity index (χ1) is 15.1. The molecule has 4 nitrogen and oxygen atoms in total. The van der Waals surface area contributed by atoms with Gasteiger partial charge in [-0.2, -0.15) is 0 Å². The fourth-order valence-corrected chi connectivity index (χ4v) is 5.34. The lowest BCUT2D eigenvalue weighted by Gasteiger charge is -2.25. The van der Waals surface area contributed by atoms with Crippen LogP contribution < -0.4 is 5.32 Å². The number of hydrogen-bond donors (Lipinski definition) is 2. The molecule has 2 N–H and O–H groups in total. The summed E-state index contributed by atoms with van der Waals surface area (Å²) in [6.07, 6.45) is 6.71. The lowest BCUT2D eigenvalue weighted by Crippen LogP contribution is -2.34. The summed E-state index contributed by atoms with van der Waals surface area (Å²) in [7, 11) is 0. The fourth-order valence-electron chi connectivity index (χ4n) is 5.34. The SMILES string of the molecule is C[C@H](C(=O)N[C@H]1CCCc2c1[nH]c1ccccc21)c1ccc(C[C@H]2CCCC2=O)cc1. The van der Waals surface area contributed by atoms with Gasteiger partial charge in [-0.1, -0.05) is 42.5 Å². The molecule has 160 valence electrons.